The summed E-state index contributed by atoms with van der Waals surface area (Å²) in [5.41, 5.74) is 0. The summed E-state index contributed by atoms with van der Waals surface area (Å²) in [6, 6.07) is 3.99. The molecule has 1 saturated heterocycles. The number of anilines is 1. The molecule has 3 heterocycles. The molecule has 0 amide bonds. The fourth-order valence-corrected chi connectivity index (χ4v) is 3.62. The van der Waals surface area contributed by atoms with Crippen molar-refractivity contribution in [1.82, 2.24) is 15.1 Å². The van der Waals surface area contributed by atoms with E-state index in [1.165, 1.54) is 0 Å². The highest BCUT2D eigenvalue weighted by Crippen LogP contribution is 2.34. The third-order valence-corrected chi connectivity index (χ3v) is 5.45. The third-order valence-electron chi connectivity index (χ3n) is 4.42. The minimum atomic E-state index is -4.42. The van der Waals surface area contributed by atoms with Crippen molar-refractivity contribution >= 4 is 16.5 Å². The number of nitrogens with zero attached hydrogens (tertiary/aromatic N) is 4. The lowest BCUT2D eigenvalue weighted by atomic mass is 10.0. The lowest BCUT2D eigenvalue weighted by Crippen LogP contribution is -2.46. The number of hydrogen-bond donors (Lipinski definition) is 0. The van der Waals surface area contributed by atoms with Crippen molar-refractivity contribution in [2.24, 2.45) is 0 Å². The molecule has 1 aliphatic rings. The van der Waals surface area contributed by atoms with Crippen molar-refractivity contribution in [3.8, 4) is 0 Å². The Morgan fingerprint density at radius 2 is 1.92 bits per heavy atom. The van der Waals surface area contributed by atoms with Gasteiger partial charge in [-0.15, -0.1) is 10.2 Å². The third kappa shape index (κ3) is 4.52. The van der Waals surface area contributed by atoms with Crippen LogP contribution in [0.15, 0.2) is 16.5 Å². The molecule has 0 saturated carbocycles. The van der Waals surface area contributed by atoms with Crippen molar-refractivity contribution in [3.63, 3.8) is 0 Å². The largest absolute Gasteiger partial charge is 0.466 e. The van der Waals surface area contributed by atoms with E-state index in [4.69, 9.17) is 4.42 Å². The van der Waals surface area contributed by atoms with Gasteiger partial charge >= 0.3 is 6.18 Å². The fourth-order valence-electron chi connectivity index (χ4n) is 2.86. The Morgan fingerprint density at radius 1 is 1.20 bits per heavy atom. The van der Waals surface area contributed by atoms with Crippen molar-refractivity contribution in [1.29, 1.82) is 0 Å². The van der Waals surface area contributed by atoms with Crippen LogP contribution in [0.25, 0.3) is 0 Å². The van der Waals surface area contributed by atoms with E-state index in [0.29, 0.717) is 35.5 Å². The van der Waals surface area contributed by atoms with Crippen LogP contribution < -0.4 is 4.90 Å². The lowest BCUT2D eigenvalue weighted by molar-refractivity contribution is -0.138. The molecule has 1 fully saturated rings. The first-order valence-electron chi connectivity index (χ1n) is 8.27. The zero-order valence-electron chi connectivity index (χ0n) is 14.2. The number of furan rings is 1. The molecule has 0 aliphatic carbocycles. The number of piperazine rings is 1. The maximum atomic E-state index is 12.6. The van der Waals surface area contributed by atoms with Crippen molar-refractivity contribution in [2.75, 3.05) is 37.6 Å². The summed E-state index contributed by atoms with van der Waals surface area (Å²) >= 11 is 0.613. The highest BCUT2D eigenvalue weighted by atomic mass is 32.1. The zero-order chi connectivity index (χ0) is 18.0. The Balaban J connectivity index is 1.46. The Labute approximate surface area is 148 Å². The summed E-state index contributed by atoms with van der Waals surface area (Å²) in [5, 5.41) is 6.42. The maximum Gasteiger partial charge on any atom is 0.445 e. The summed E-state index contributed by atoms with van der Waals surface area (Å²) in [6.07, 6.45) is -3.43. The summed E-state index contributed by atoms with van der Waals surface area (Å²) in [4.78, 5) is 4.21. The molecule has 1 atom stereocenters. The summed E-state index contributed by atoms with van der Waals surface area (Å²) in [7, 11) is 0. The van der Waals surface area contributed by atoms with Gasteiger partial charge in [0.25, 0.3) is 0 Å². The SMILES string of the molecule is Cc1ccc([C@@H](C)CCN2CCN(c3nnc(C(F)(F)F)s3)CC2)o1. The van der Waals surface area contributed by atoms with E-state index in [1.54, 1.807) is 0 Å². The molecule has 0 bridgehead atoms. The van der Waals surface area contributed by atoms with Crippen molar-refractivity contribution in [3.05, 3.63) is 28.7 Å². The monoisotopic (exact) mass is 374 g/mol. The molecule has 2 aromatic rings. The summed E-state index contributed by atoms with van der Waals surface area (Å²) < 4.78 is 43.5. The molecule has 5 nitrogen and oxygen atoms in total. The van der Waals surface area contributed by atoms with Crippen LogP contribution in [0.3, 0.4) is 0 Å². The number of halogens is 3. The predicted octanol–water partition coefficient (Wildman–Crippen LogP) is 3.77. The van der Waals surface area contributed by atoms with Crippen LogP contribution >= 0.6 is 11.3 Å². The molecular weight excluding hydrogens is 353 g/mol. The molecule has 0 spiro atoms. The second-order valence-electron chi connectivity index (χ2n) is 6.35. The molecule has 0 radical (unpaired) electrons. The molecule has 9 heteroatoms. The van der Waals surface area contributed by atoms with Gasteiger partial charge in [0.2, 0.25) is 10.1 Å². The Morgan fingerprint density at radius 3 is 2.48 bits per heavy atom. The average Bonchev–Trinajstić information content (AvgIpc) is 3.22. The van der Waals surface area contributed by atoms with Crippen LogP contribution in [0.5, 0.6) is 0 Å². The van der Waals surface area contributed by atoms with Crippen LogP contribution in [-0.4, -0.2) is 47.8 Å². The van der Waals surface area contributed by atoms with E-state index in [2.05, 4.69) is 22.0 Å². The van der Waals surface area contributed by atoms with Gasteiger partial charge in [0, 0.05) is 32.1 Å². The van der Waals surface area contributed by atoms with Crippen LogP contribution in [0.2, 0.25) is 0 Å². The van der Waals surface area contributed by atoms with Gasteiger partial charge in [0.05, 0.1) is 0 Å². The van der Waals surface area contributed by atoms with E-state index >= 15 is 0 Å². The summed E-state index contributed by atoms with van der Waals surface area (Å²) in [5.74, 6) is 2.28. The molecule has 25 heavy (non-hydrogen) atoms. The maximum absolute atomic E-state index is 12.6. The van der Waals surface area contributed by atoms with Gasteiger partial charge < -0.3 is 9.32 Å². The number of alkyl halides is 3. The van der Waals surface area contributed by atoms with Crippen molar-refractivity contribution in [2.45, 2.75) is 32.4 Å². The minimum absolute atomic E-state index is 0.351. The topological polar surface area (TPSA) is 45.4 Å². The van der Waals surface area contributed by atoms with Crippen molar-refractivity contribution < 1.29 is 17.6 Å². The van der Waals surface area contributed by atoms with E-state index < -0.39 is 11.2 Å². The van der Waals surface area contributed by atoms with Crippen LogP contribution in [-0.2, 0) is 6.18 Å². The molecule has 138 valence electrons. The number of aryl methyl sites for hydroxylation is 1. The average molecular weight is 374 g/mol. The van der Waals surface area contributed by atoms with Crippen LogP contribution in [0.4, 0.5) is 18.3 Å². The van der Waals surface area contributed by atoms with E-state index in [9.17, 15) is 13.2 Å². The van der Waals surface area contributed by atoms with E-state index in [0.717, 1.165) is 37.6 Å². The molecule has 0 unspecified atom stereocenters. The molecular formula is C16H21F3N4OS. The first-order valence-corrected chi connectivity index (χ1v) is 9.09. The molecule has 3 rings (SSSR count). The predicted molar refractivity (Wildman–Crippen MR) is 90.0 cm³/mol. The second kappa shape index (κ2) is 7.33. The Hall–Kier alpha value is -1.61. The second-order valence-corrected chi connectivity index (χ2v) is 7.31. The zero-order valence-corrected chi connectivity index (χ0v) is 15.0. The number of hydrogen-bond acceptors (Lipinski definition) is 6. The number of aromatic nitrogens is 2. The fraction of sp³-hybridized carbons (Fsp3) is 0.625. The lowest BCUT2D eigenvalue weighted by Gasteiger charge is -2.34. The van der Waals surface area contributed by atoms with Gasteiger partial charge in [-0.2, -0.15) is 13.2 Å². The van der Waals surface area contributed by atoms with Gasteiger partial charge in [-0.25, -0.2) is 0 Å². The molecule has 1 aliphatic heterocycles. The Bertz CT molecular complexity index is 692. The standard InChI is InChI=1S/C16H21F3N4OS/c1-11(13-4-3-12(2)24-13)5-6-22-7-9-23(10-8-22)15-21-20-14(25-15)16(17,18)19/h3-4,11H,5-10H2,1-2H3/t11-/m0/s1. The first kappa shape index (κ1) is 18.2. The van der Waals surface area contributed by atoms with Gasteiger partial charge in [-0.1, -0.05) is 18.3 Å². The van der Waals surface area contributed by atoms with Gasteiger partial charge in [0.1, 0.15) is 11.5 Å². The highest BCUT2D eigenvalue weighted by molar-refractivity contribution is 7.15. The van der Waals surface area contributed by atoms with E-state index in [1.807, 2.05) is 24.0 Å². The van der Waals surface area contributed by atoms with Gasteiger partial charge in [-0.3, -0.25) is 4.90 Å². The first-order chi connectivity index (χ1) is 11.8. The van der Waals surface area contributed by atoms with Crippen LogP contribution in [0.1, 0.15) is 35.8 Å². The van der Waals surface area contributed by atoms with Gasteiger partial charge in [-0.05, 0) is 32.0 Å². The molecule has 2 aromatic heterocycles. The Kier molecular flexibility index (Phi) is 5.33. The highest BCUT2D eigenvalue weighted by Gasteiger charge is 2.36. The normalized spacial score (nSPS) is 17.9. The van der Waals surface area contributed by atoms with E-state index in [-0.39, 0.29) is 0 Å². The smallest absolute Gasteiger partial charge is 0.445 e. The van der Waals surface area contributed by atoms with Crippen LogP contribution in [0, 0.1) is 6.92 Å². The molecule has 0 aromatic carbocycles. The minimum Gasteiger partial charge on any atom is -0.466 e. The quantitative estimate of drug-likeness (QED) is 0.797. The van der Waals surface area contributed by atoms with Gasteiger partial charge in [0.15, 0.2) is 0 Å². The number of rotatable bonds is 5. The summed E-state index contributed by atoms with van der Waals surface area (Å²) in [6.45, 7) is 7.98. The molecule has 0 N–H and O–H groups in total.